The second kappa shape index (κ2) is 7.29. The van der Waals surface area contributed by atoms with Gasteiger partial charge in [-0.25, -0.2) is 0 Å². The van der Waals surface area contributed by atoms with E-state index in [1.807, 2.05) is 0 Å². The molecule has 0 aromatic rings. The molecule has 0 amide bonds. The first-order chi connectivity index (χ1) is 9.83. The summed E-state index contributed by atoms with van der Waals surface area (Å²) in [6.45, 7) is 7.97. The summed E-state index contributed by atoms with van der Waals surface area (Å²) in [5.74, 6) is 0.371. The van der Waals surface area contributed by atoms with Crippen LogP contribution in [0.1, 0.15) is 33.1 Å². The quantitative estimate of drug-likeness (QED) is 0.841. The van der Waals surface area contributed by atoms with Crippen LogP contribution in [-0.2, 0) is 0 Å². The Balaban J connectivity index is 1.62. The van der Waals surface area contributed by atoms with Gasteiger partial charge in [-0.1, -0.05) is 0 Å². The lowest BCUT2D eigenvalue weighted by atomic mass is 10.0. The van der Waals surface area contributed by atoms with Gasteiger partial charge in [0.25, 0.3) is 0 Å². The number of likely N-dealkylation sites (tertiary alicyclic amines) is 2. The van der Waals surface area contributed by atoms with E-state index in [0.29, 0.717) is 31.1 Å². The molecule has 2 fully saturated rings. The molecule has 0 bridgehead atoms. The van der Waals surface area contributed by atoms with Gasteiger partial charge in [-0.15, -0.1) is 0 Å². The average Bonchev–Trinajstić information content (AvgIpc) is 2.82. The molecule has 0 spiro atoms. The molecule has 0 saturated carbocycles. The van der Waals surface area contributed by atoms with Crippen molar-refractivity contribution >= 4 is 0 Å². The van der Waals surface area contributed by atoms with Gasteiger partial charge < -0.3 is 10.2 Å². The van der Waals surface area contributed by atoms with Crippen molar-refractivity contribution in [3.8, 4) is 0 Å². The highest BCUT2D eigenvalue weighted by atomic mass is 19.4. The molecule has 0 aliphatic carbocycles. The zero-order chi connectivity index (χ0) is 15.5. The van der Waals surface area contributed by atoms with Crippen LogP contribution in [0.25, 0.3) is 0 Å². The maximum Gasteiger partial charge on any atom is 0.401 e. The van der Waals surface area contributed by atoms with Gasteiger partial charge in [-0.3, -0.25) is 4.90 Å². The molecule has 2 saturated heterocycles. The van der Waals surface area contributed by atoms with Gasteiger partial charge in [-0.05, 0) is 65.2 Å². The summed E-state index contributed by atoms with van der Waals surface area (Å²) in [5, 5.41) is 3.57. The fourth-order valence-electron chi connectivity index (χ4n) is 3.43. The molecule has 1 unspecified atom stereocenters. The lowest BCUT2D eigenvalue weighted by Gasteiger charge is -2.35. The number of nitrogens with zero attached hydrogens (tertiary/aromatic N) is 2. The number of halogens is 3. The number of hydrogen-bond donors (Lipinski definition) is 1. The van der Waals surface area contributed by atoms with Gasteiger partial charge in [-0.2, -0.15) is 13.2 Å². The molecule has 21 heavy (non-hydrogen) atoms. The molecule has 2 rings (SSSR count). The van der Waals surface area contributed by atoms with Crippen molar-refractivity contribution in [3.63, 3.8) is 0 Å². The van der Waals surface area contributed by atoms with Crippen molar-refractivity contribution in [2.75, 3.05) is 39.3 Å². The maximum absolute atomic E-state index is 12.4. The van der Waals surface area contributed by atoms with Gasteiger partial charge in [0.1, 0.15) is 0 Å². The van der Waals surface area contributed by atoms with Crippen molar-refractivity contribution in [1.29, 1.82) is 0 Å². The molecule has 2 aliphatic heterocycles. The van der Waals surface area contributed by atoms with Crippen molar-refractivity contribution < 1.29 is 13.2 Å². The van der Waals surface area contributed by atoms with Crippen LogP contribution < -0.4 is 5.32 Å². The van der Waals surface area contributed by atoms with Gasteiger partial charge in [0, 0.05) is 18.6 Å². The van der Waals surface area contributed by atoms with Crippen molar-refractivity contribution in [2.45, 2.75) is 51.4 Å². The smallest absolute Gasteiger partial charge is 0.314 e. The molecular weight excluding hydrogens is 279 g/mol. The molecule has 2 aliphatic rings. The third kappa shape index (κ3) is 5.75. The Labute approximate surface area is 125 Å². The van der Waals surface area contributed by atoms with Crippen molar-refractivity contribution in [1.82, 2.24) is 15.1 Å². The van der Waals surface area contributed by atoms with E-state index in [4.69, 9.17) is 0 Å². The molecule has 1 N–H and O–H groups in total. The van der Waals surface area contributed by atoms with Crippen LogP contribution in [0.4, 0.5) is 13.2 Å². The van der Waals surface area contributed by atoms with Crippen LogP contribution in [0.2, 0.25) is 0 Å². The largest absolute Gasteiger partial charge is 0.401 e. The summed E-state index contributed by atoms with van der Waals surface area (Å²) in [5.41, 5.74) is 0. The molecular formula is C15H28F3N3. The summed E-state index contributed by atoms with van der Waals surface area (Å²) in [6, 6.07) is 1.15. The number of alkyl halides is 3. The summed E-state index contributed by atoms with van der Waals surface area (Å²) in [6.07, 6.45) is -0.881. The molecule has 2 heterocycles. The van der Waals surface area contributed by atoms with E-state index in [1.165, 1.54) is 4.90 Å². The zero-order valence-electron chi connectivity index (χ0n) is 13.1. The maximum atomic E-state index is 12.4. The summed E-state index contributed by atoms with van der Waals surface area (Å²) >= 11 is 0. The van der Waals surface area contributed by atoms with Gasteiger partial charge >= 0.3 is 6.18 Å². The molecule has 6 heteroatoms. The first kappa shape index (κ1) is 17.0. The standard InChI is InChI=1S/C15H28F3N3/c1-12(2)21-7-4-14(5-8-21)19-9-13-3-6-20(10-13)11-15(16,17)18/h12-14,19H,3-11H2,1-2H3. The summed E-state index contributed by atoms with van der Waals surface area (Å²) < 4.78 is 37.1. The third-order valence-corrected chi connectivity index (χ3v) is 4.73. The Morgan fingerprint density at radius 3 is 2.33 bits per heavy atom. The number of nitrogens with one attached hydrogen (secondary N) is 1. The average molecular weight is 307 g/mol. The Bertz CT molecular complexity index is 312. The molecule has 124 valence electrons. The number of hydrogen-bond acceptors (Lipinski definition) is 3. The van der Waals surface area contributed by atoms with E-state index >= 15 is 0 Å². The predicted molar refractivity (Wildman–Crippen MR) is 78.3 cm³/mol. The highest BCUT2D eigenvalue weighted by Gasteiger charge is 2.34. The fraction of sp³-hybridized carbons (Fsp3) is 1.00. The lowest BCUT2D eigenvalue weighted by molar-refractivity contribution is -0.143. The molecule has 0 aromatic heterocycles. The van der Waals surface area contributed by atoms with Crippen LogP contribution in [0.5, 0.6) is 0 Å². The van der Waals surface area contributed by atoms with Crippen molar-refractivity contribution in [2.24, 2.45) is 5.92 Å². The summed E-state index contributed by atoms with van der Waals surface area (Å²) in [4.78, 5) is 4.02. The number of piperidine rings is 1. The highest BCUT2D eigenvalue weighted by molar-refractivity contribution is 4.83. The highest BCUT2D eigenvalue weighted by Crippen LogP contribution is 2.23. The monoisotopic (exact) mass is 307 g/mol. The molecule has 0 aromatic carbocycles. The normalized spacial score (nSPS) is 26.9. The summed E-state index contributed by atoms with van der Waals surface area (Å²) in [7, 11) is 0. The van der Waals surface area contributed by atoms with Crippen LogP contribution >= 0.6 is 0 Å². The lowest BCUT2D eigenvalue weighted by Crippen LogP contribution is -2.46. The minimum absolute atomic E-state index is 0.371. The van der Waals surface area contributed by atoms with E-state index in [9.17, 15) is 13.2 Å². The molecule has 3 nitrogen and oxygen atoms in total. The Morgan fingerprint density at radius 1 is 1.10 bits per heavy atom. The van der Waals surface area contributed by atoms with E-state index in [-0.39, 0.29) is 0 Å². The molecule has 0 radical (unpaired) electrons. The SMILES string of the molecule is CC(C)N1CCC(NCC2CCN(CC(F)(F)F)C2)CC1. The van der Waals surface area contributed by atoms with Gasteiger partial charge in [0.2, 0.25) is 0 Å². The van der Waals surface area contributed by atoms with Crippen LogP contribution in [0.3, 0.4) is 0 Å². The second-order valence-electron chi connectivity index (χ2n) is 6.82. The van der Waals surface area contributed by atoms with E-state index in [2.05, 4.69) is 24.1 Å². The van der Waals surface area contributed by atoms with E-state index in [1.54, 1.807) is 0 Å². The zero-order valence-corrected chi connectivity index (χ0v) is 13.1. The first-order valence-corrected chi connectivity index (χ1v) is 8.10. The van der Waals surface area contributed by atoms with Crippen molar-refractivity contribution in [3.05, 3.63) is 0 Å². The number of rotatable bonds is 5. The predicted octanol–water partition coefficient (Wildman–Crippen LogP) is 2.33. The van der Waals surface area contributed by atoms with Crippen LogP contribution in [0.15, 0.2) is 0 Å². The first-order valence-electron chi connectivity index (χ1n) is 8.10. The topological polar surface area (TPSA) is 18.5 Å². The van der Waals surface area contributed by atoms with Gasteiger partial charge in [0.15, 0.2) is 0 Å². The Morgan fingerprint density at radius 2 is 1.76 bits per heavy atom. The van der Waals surface area contributed by atoms with Crippen LogP contribution in [-0.4, -0.2) is 67.3 Å². The van der Waals surface area contributed by atoms with Crippen LogP contribution in [0, 0.1) is 5.92 Å². The Hall–Kier alpha value is -0.330. The van der Waals surface area contributed by atoms with Gasteiger partial charge in [0.05, 0.1) is 6.54 Å². The minimum atomic E-state index is -4.06. The Kier molecular flexibility index (Phi) is 5.91. The van der Waals surface area contributed by atoms with E-state index < -0.39 is 12.7 Å². The third-order valence-electron chi connectivity index (χ3n) is 4.73. The molecule has 1 atom stereocenters. The van der Waals surface area contributed by atoms with E-state index in [0.717, 1.165) is 38.9 Å². The second-order valence-corrected chi connectivity index (χ2v) is 6.82. The minimum Gasteiger partial charge on any atom is -0.314 e. The fourth-order valence-corrected chi connectivity index (χ4v) is 3.43.